The number of hydrogen-bond acceptors (Lipinski definition) is 4. The number of nitrogens with one attached hydrogen (secondary N) is 2. The molecule has 0 bridgehead atoms. The van der Waals surface area contributed by atoms with Gasteiger partial charge in [-0.05, 0) is 55.3 Å². The molecular weight excluding hydrogens is 333 g/mol. The average molecular weight is 353 g/mol. The van der Waals surface area contributed by atoms with Crippen LogP contribution < -0.4 is 5.32 Å². The van der Waals surface area contributed by atoms with Crippen LogP contribution in [0.3, 0.4) is 0 Å². The van der Waals surface area contributed by atoms with Crippen LogP contribution in [0.1, 0.15) is 18.4 Å². The van der Waals surface area contributed by atoms with Crippen LogP contribution in [0.5, 0.6) is 5.88 Å². The van der Waals surface area contributed by atoms with Gasteiger partial charge in [-0.15, -0.1) is 0 Å². The van der Waals surface area contributed by atoms with Crippen molar-refractivity contribution in [3.8, 4) is 5.88 Å². The van der Waals surface area contributed by atoms with Gasteiger partial charge in [0, 0.05) is 36.0 Å². The molecule has 0 aliphatic carbocycles. The maximum absolute atomic E-state index is 13.5. The predicted molar refractivity (Wildman–Crippen MR) is 101 cm³/mol. The standard InChI is InChI=1S/C20H20FN3O2/c21-13-3-8-19-17(10-13)18(20(25)24-19)12-23-15-6-4-14(5-7-15)22-11-16-2-1-9-26-16/h3-8,10,12,16,22,24-25H,1-2,9,11H2. The second-order valence-electron chi connectivity index (χ2n) is 6.40. The number of aromatic hydroxyl groups is 1. The highest BCUT2D eigenvalue weighted by Crippen LogP contribution is 2.27. The summed E-state index contributed by atoms with van der Waals surface area (Å²) in [7, 11) is 0. The third-order valence-corrected chi connectivity index (χ3v) is 4.55. The van der Waals surface area contributed by atoms with Gasteiger partial charge >= 0.3 is 0 Å². The molecule has 1 aromatic heterocycles. The summed E-state index contributed by atoms with van der Waals surface area (Å²) in [6, 6.07) is 12.0. The third kappa shape index (κ3) is 3.55. The van der Waals surface area contributed by atoms with E-state index in [0.717, 1.165) is 37.4 Å². The third-order valence-electron chi connectivity index (χ3n) is 4.55. The first kappa shape index (κ1) is 16.6. The molecule has 2 aromatic carbocycles. The van der Waals surface area contributed by atoms with Crippen molar-refractivity contribution in [2.24, 2.45) is 4.99 Å². The van der Waals surface area contributed by atoms with Gasteiger partial charge in [0.15, 0.2) is 5.88 Å². The molecule has 4 rings (SSSR count). The molecule has 0 saturated carbocycles. The number of aromatic amines is 1. The van der Waals surface area contributed by atoms with Gasteiger partial charge in [-0.1, -0.05) is 0 Å². The molecule has 1 unspecified atom stereocenters. The van der Waals surface area contributed by atoms with E-state index in [9.17, 15) is 9.50 Å². The Bertz CT molecular complexity index is 928. The molecule has 0 amide bonds. The second-order valence-corrected chi connectivity index (χ2v) is 6.40. The van der Waals surface area contributed by atoms with Gasteiger partial charge in [-0.2, -0.15) is 0 Å². The Labute approximate surface area is 150 Å². The minimum atomic E-state index is -0.354. The van der Waals surface area contributed by atoms with E-state index in [2.05, 4.69) is 15.3 Å². The van der Waals surface area contributed by atoms with Crippen LogP contribution in [0, 0.1) is 5.82 Å². The molecule has 6 heteroatoms. The van der Waals surface area contributed by atoms with Crippen molar-refractivity contribution >= 4 is 28.5 Å². The van der Waals surface area contributed by atoms with Crippen LogP contribution in [0.4, 0.5) is 15.8 Å². The molecule has 1 atom stereocenters. The summed E-state index contributed by atoms with van der Waals surface area (Å²) in [5, 5.41) is 14.0. The van der Waals surface area contributed by atoms with Gasteiger partial charge < -0.3 is 20.1 Å². The largest absolute Gasteiger partial charge is 0.494 e. The first-order valence-electron chi connectivity index (χ1n) is 8.69. The van der Waals surface area contributed by atoms with Crippen LogP contribution >= 0.6 is 0 Å². The number of benzene rings is 2. The van der Waals surface area contributed by atoms with Crippen LogP contribution in [0.15, 0.2) is 47.5 Å². The maximum Gasteiger partial charge on any atom is 0.198 e. The highest BCUT2D eigenvalue weighted by molar-refractivity contribution is 6.02. The molecule has 134 valence electrons. The monoisotopic (exact) mass is 353 g/mol. The molecule has 0 spiro atoms. The first-order valence-corrected chi connectivity index (χ1v) is 8.69. The van der Waals surface area contributed by atoms with Gasteiger partial charge in [0.2, 0.25) is 0 Å². The molecule has 26 heavy (non-hydrogen) atoms. The van der Waals surface area contributed by atoms with Gasteiger partial charge in [0.25, 0.3) is 0 Å². The summed E-state index contributed by atoms with van der Waals surface area (Å²) in [5.74, 6) is -0.378. The van der Waals surface area contributed by atoms with Crippen molar-refractivity contribution in [3.05, 3.63) is 53.8 Å². The molecule has 5 nitrogen and oxygen atoms in total. The number of rotatable bonds is 5. The van der Waals surface area contributed by atoms with E-state index < -0.39 is 0 Å². The lowest BCUT2D eigenvalue weighted by atomic mass is 10.2. The lowest BCUT2D eigenvalue weighted by molar-refractivity contribution is 0.120. The van der Waals surface area contributed by atoms with E-state index in [1.807, 2.05) is 24.3 Å². The summed E-state index contributed by atoms with van der Waals surface area (Å²) in [5.41, 5.74) is 2.90. The molecule has 1 saturated heterocycles. The lowest BCUT2D eigenvalue weighted by Crippen LogP contribution is -2.18. The molecule has 1 aliphatic heterocycles. The number of halogens is 1. The van der Waals surface area contributed by atoms with Crippen LogP contribution in [0.25, 0.3) is 10.9 Å². The normalized spacial score (nSPS) is 17.3. The quantitative estimate of drug-likeness (QED) is 0.597. The van der Waals surface area contributed by atoms with Crippen molar-refractivity contribution in [1.82, 2.24) is 4.98 Å². The zero-order chi connectivity index (χ0) is 17.9. The Hall–Kier alpha value is -2.86. The Morgan fingerprint density at radius 2 is 2.12 bits per heavy atom. The van der Waals surface area contributed by atoms with Gasteiger partial charge in [-0.25, -0.2) is 4.39 Å². The van der Waals surface area contributed by atoms with Crippen molar-refractivity contribution in [2.75, 3.05) is 18.5 Å². The first-order chi connectivity index (χ1) is 12.7. The van der Waals surface area contributed by atoms with E-state index in [1.54, 1.807) is 12.3 Å². The van der Waals surface area contributed by atoms with E-state index >= 15 is 0 Å². The molecule has 2 heterocycles. The zero-order valence-electron chi connectivity index (χ0n) is 14.2. The molecule has 1 fully saturated rings. The number of H-pyrrole nitrogens is 1. The van der Waals surface area contributed by atoms with Crippen molar-refractivity contribution in [2.45, 2.75) is 18.9 Å². The smallest absolute Gasteiger partial charge is 0.198 e. The van der Waals surface area contributed by atoms with Crippen LogP contribution in [-0.2, 0) is 4.74 Å². The predicted octanol–water partition coefficient (Wildman–Crippen LogP) is 4.35. The summed E-state index contributed by atoms with van der Waals surface area (Å²) < 4.78 is 19.1. The highest BCUT2D eigenvalue weighted by atomic mass is 19.1. The van der Waals surface area contributed by atoms with Gasteiger partial charge in [-0.3, -0.25) is 4.99 Å². The zero-order valence-corrected chi connectivity index (χ0v) is 14.2. The molecule has 0 radical (unpaired) electrons. The second kappa shape index (κ2) is 7.17. The number of nitrogens with zero attached hydrogens (tertiary/aromatic N) is 1. The SMILES string of the molecule is Oc1[nH]c2ccc(F)cc2c1C=Nc1ccc(NCC2CCCO2)cc1. The van der Waals surface area contributed by atoms with E-state index in [1.165, 1.54) is 12.1 Å². The summed E-state index contributed by atoms with van der Waals surface area (Å²) >= 11 is 0. The average Bonchev–Trinajstić information content (AvgIpc) is 3.26. The number of hydrogen-bond donors (Lipinski definition) is 3. The summed E-state index contributed by atoms with van der Waals surface area (Å²) in [6.45, 7) is 1.65. The van der Waals surface area contributed by atoms with Gasteiger partial charge in [0.1, 0.15) is 5.82 Å². The van der Waals surface area contributed by atoms with Crippen LogP contribution in [-0.4, -0.2) is 35.6 Å². The number of aromatic nitrogens is 1. The fourth-order valence-electron chi connectivity index (χ4n) is 3.14. The van der Waals surface area contributed by atoms with Crippen LogP contribution in [0.2, 0.25) is 0 Å². The van der Waals surface area contributed by atoms with E-state index in [0.29, 0.717) is 16.5 Å². The minimum Gasteiger partial charge on any atom is -0.494 e. The summed E-state index contributed by atoms with van der Waals surface area (Å²) in [4.78, 5) is 7.21. The fourth-order valence-corrected chi connectivity index (χ4v) is 3.14. The van der Waals surface area contributed by atoms with Crippen molar-refractivity contribution in [3.63, 3.8) is 0 Å². The maximum atomic E-state index is 13.5. The van der Waals surface area contributed by atoms with E-state index in [-0.39, 0.29) is 17.8 Å². The van der Waals surface area contributed by atoms with Crippen molar-refractivity contribution in [1.29, 1.82) is 0 Å². The molecule has 3 aromatic rings. The van der Waals surface area contributed by atoms with Crippen molar-refractivity contribution < 1.29 is 14.2 Å². The number of aliphatic imine (C=N–C) groups is 1. The minimum absolute atomic E-state index is 0.0239. The number of fused-ring (bicyclic) bond motifs is 1. The lowest BCUT2D eigenvalue weighted by Gasteiger charge is -2.11. The molecular formula is C20H20FN3O2. The molecule has 1 aliphatic rings. The summed E-state index contributed by atoms with van der Waals surface area (Å²) in [6.07, 6.45) is 4.06. The Kier molecular flexibility index (Phi) is 4.58. The molecule has 3 N–H and O–H groups in total. The topological polar surface area (TPSA) is 69.6 Å². The number of ether oxygens (including phenoxy) is 1. The number of anilines is 1. The van der Waals surface area contributed by atoms with E-state index in [4.69, 9.17) is 4.74 Å². The fraction of sp³-hybridized carbons (Fsp3) is 0.250. The highest BCUT2D eigenvalue weighted by Gasteiger charge is 2.14. The Morgan fingerprint density at radius 3 is 2.88 bits per heavy atom. The Balaban J connectivity index is 1.47. The Morgan fingerprint density at radius 1 is 1.27 bits per heavy atom. The van der Waals surface area contributed by atoms with Gasteiger partial charge in [0.05, 0.1) is 17.4 Å².